The quantitative estimate of drug-likeness (QED) is 0.732. The molecule has 0 N–H and O–H groups in total. The van der Waals surface area contributed by atoms with Crippen molar-refractivity contribution in [2.45, 2.75) is 38.6 Å². The molecule has 1 aromatic carbocycles. The number of thioether (sulfide) groups is 1. The normalized spacial score (nSPS) is 17.7. The highest BCUT2D eigenvalue weighted by atomic mass is 35.5. The highest BCUT2D eigenvalue weighted by Crippen LogP contribution is 2.40. The topological polar surface area (TPSA) is 40.6 Å². The van der Waals surface area contributed by atoms with Crippen LogP contribution in [0.2, 0.25) is 10.0 Å². The highest BCUT2D eigenvalue weighted by Gasteiger charge is 2.33. The van der Waals surface area contributed by atoms with Crippen LogP contribution in [0, 0.1) is 0 Å². The number of hydrogen-bond donors (Lipinski definition) is 0. The van der Waals surface area contributed by atoms with Gasteiger partial charge in [-0.2, -0.15) is 0 Å². The SMILES string of the molecule is CCC(=O)N(CCN1C(=O)CSC1c1ccc(Cl)c(Cl)c1)C(C)C. The van der Waals surface area contributed by atoms with Crippen LogP contribution in [0.15, 0.2) is 18.2 Å². The molecule has 0 bridgehead atoms. The molecule has 0 aromatic heterocycles. The lowest BCUT2D eigenvalue weighted by Crippen LogP contribution is -2.43. The van der Waals surface area contributed by atoms with E-state index in [-0.39, 0.29) is 23.2 Å². The van der Waals surface area contributed by atoms with Crippen molar-refractivity contribution < 1.29 is 9.59 Å². The Kier molecular flexibility index (Phi) is 6.84. The fraction of sp³-hybridized carbons (Fsp3) is 0.529. The lowest BCUT2D eigenvalue weighted by atomic mass is 10.2. The zero-order chi connectivity index (χ0) is 17.9. The van der Waals surface area contributed by atoms with Gasteiger partial charge in [-0.15, -0.1) is 11.8 Å². The van der Waals surface area contributed by atoms with Crippen molar-refractivity contribution in [1.29, 1.82) is 0 Å². The van der Waals surface area contributed by atoms with Crippen LogP contribution in [0.25, 0.3) is 0 Å². The number of halogens is 2. The van der Waals surface area contributed by atoms with E-state index in [0.717, 1.165) is 5.56 Å². The molecule has 1 saturated heterocycles. The van der Waals surface area contributed by atoms with E-state index in [9.17, 15) is 9.59 Å². The van der Waals surface area contributed by atoms with E-state index < -0.39 is 0 Å². The molecule has 2 rings (SSSR count). The second kappa shape index (κ2) is 8.45. The summed E-state index contributed by atoms with van der Waals surface area (Å²) in [6, 6.07) is 5.58. The Hall–Kier alpha value is -0.910. The summed E-state index contributed by atoms with van der Waals surface area (Å²) in [4.78, 5) is 28.0. The summed E-state index contributed by atoms with van der Waals surface area (Å²) in [5, 5.41) is 0.901. The van der Waals surface area contributed by atoms with Gasteiger partial charge in [-0.1, -0.05) is 36.2 Å². The molecule has 1 aliphatic heterocycles. The molecule has 24 heavy (non-hydrogen) atoms. The van der Waals surface area contributed by atoms with E-state index >= 15 is 0 Å². The van der Waals surface area contributed by atoms with Gasteiger partial charge in [-0.05, 0) is 31.5 Å². The summed E-state index contributed by atoms with van der Waals surface area (Å²) in [6.07, 6.45) is 0.469. The molecule has 2 amide bonds. The van der Waals surface area contributed by atoms with E-state index in [1.165, 1.54) is 0 Å². The lowest BCUT2D eigenvalue weighted by Gasteiger charge is -2.31. The third kappa shape index (κ3) is 4.38. The van der Waals surface area contributed by atoms with Crippen LogP contribution < -0.4 is 0 Å². The van der Waals surface area contributed by atoms with E-state index in [4.69, 9.17) is 23.2 Å². The Labute approximate surface area is 157 Å². The summed E-state index contributed by atoms with van der Waals surface area (Å²) in [5.74, 6) is 0.632. The molecule has 1 aliphatic rings. The van der Waals surface area contributed by atoms with Crippen molar-refractivity contribution >= 4 is 46.8 Å². The smallest absolute Gasteiger partial charge is 0.233 e. The predicted molar refractivity (Wildman–Crippen MR) is 101 cm³/mol. The van der Waals surface area contributed by atoms with Crippen LogP contribution in [0.5, 0.6) is 0 Å². The number of amides is 2. The largest absolute Gasteiger partial charge is 0.339 e. The Morgan fingerprint density at radius 1 is 1.38 bits per heavy atom. The van der Waals surface area contributed by atoms with Gasteiger partial charge in [0.15, 0.2) is 0 Å². The molecule has 0 saturated carbocycles. The van der Waals surface area contributed by atoms with Crippen molar-refractivity contribution in [2.75, 3.05) is 18.8 Å². The van der Waals surface area contributed by atoms with Gasteiger partial charge in [0.05, 0.1) is 15.8 Å². The molecule has 7 heteroatoms. The van der Waals surface area contributed by atoms with Crippen LogP contribution in [0.3, 0.4) is 0 Å². The van der Waals surface area contributed by atoms with Crippen LogP contribution in [0.1, 0.15) is 38.1 Å². The first kappa shape index (κ1) is 19.4. The maximum Gasteiger partial charge on any atom is 0.233 e. The second-order valence-corrected chi connectivity index (χ2v) is 7.84. The Morgan fingerprint density at radius 3 is 2.67 bits per heavy atom. The van der Waals surface area contributed by atoms with Gasteiger partial charge in [0.2, 0.25) is 11.8 Å². The molecule has 0 aliphatic carbocycles. The summed E-state index contributed by atoms with van der Waals surface area (Å²) in [7, 11) is 0. The molecule has 1 atom stereocenters. The van der Waals surface area contributed by atoms with Gasteiger partial charge in [0.25, 0.3) is 0 Å². The second-order valence-electron chi connectivity index (χ2n) is 5.96. The highest BCUT2D eigenvalue weighted by molar-refractivity contribution is 8.00. The van der Waals surface area contributed by atoms with Crippen LogP contribution >= 0.6 is 35.0 Å². The fourth-order valence-corrected chi connectivity index (χ4v) is 4.24. The maximum atomic E-state index is 12.3. The molecule has 1 heterocycles. The zero-order valence-corrected chi connectivity index (χ0v) is 16.4. The molecule has 0 spiro atoms. The van der Waals surface area contributed by atoms with Crippen LogP contribution in [-0.2, 0) is 9.59 Å². The minimum absolute atomic E-state index is 0.0852. The molecule has 1 fully saturated rings. The van der Waals surface area contributed by atoms with Gasteiger partial charge >= 0.3 is 0 Å². The van der Waals surface area contributed by atoms with Crippen LogP contribution in [0.4, 0.5) is 0 Å². The Bertz CT molecular complexity index is 625. The van der Waals surface area contributed by atoms with Gasteiger partial charge < -0.3 is 9.80 Å². The number of hydrogen-bond acceptors (Lipinski definition) is 3. The molecule has 1 aromatic rings. The number of carbonyl (C=O) groups is 2. The van der Waals surface area contributed by atoms with Crippen LogP contribution in [-0.4, -0.2) is 46.5 Å². The monoisotopic (exact) mass is 388 g/mol. The third-order valence-electron chi connectivity index (χ3n) is 4.02. The number of benzene rings is 1. The van der Waals surface area contributed by atoms with E-state index in [2.05, 4.69) is 0 Å². The molecular formula is C17H22Cl2N2O2S. The first-order chi connectivity index (χ1) is 11.3. The third-order valence-corrected chi connectivity index (χ3v) is 6.02. The van der Waals surface area contributed by atoms with Crippen molar-refractivity contribution in [1.82, 2.24) is 9.80 Å². The molecular weight excluding hydrogens is 367 g/mol. The molecule has 0 radical (unpaired) electrons. The molecule has 4 nitrogen and oxygen atoms in total. The average molecular weight is 389 g/mol. The Morgan fingerprint density at radius 2 is 2.08 bits per heavy atom. The van der Waals surface area contributed by atoms with Crippen molar-refractivity contribution in [3.8, 4) is 0 Å². The summed E-state index contributed by atoms with van der Waals surface area (Å²) in [5.41, 5.74) is 0.957. The van der Waals surface area contributed by atoms with Crippen molar-refractivity contribution in [2.24, 2.45) is 0 Å². The van der Waals surface area contributed by atoms with Gasteiger partial charge in [-0.25, -0.2) is 0 Å². The van der Waals surface area contributed by atoms with E-state index in [1.54, 1.807) is 17.8 Å². The average Bonchev–Trinajstić information content (AvgIpc) is 2.90. The first-order valence-corrected chi connectivity index (χ1v) is 9.81. The van der Waals surface area contributed by atoms with Crippen molar-refractivity contribution in [3.05, 3.63) is 33.8 Å². The predicted octanol–water partition coefficient (Wildman–Crippen LogP) is 4.21. The van der Waals surface area contributed by atoms with Crippen molar-refractivity contribution in [3.63, 3.8) is 0 Å². The summed E-state index contributed by atoms with van der Waals surface area (Å²) >= 11 is 13.7. The van der Waals surface area contributed by atoms with Gasteiger partial charge in [0, 0.05) is 25.6 Å². The van der Waals surface area contributed by atoms with Gasteiger partial charge in [-0.3, -0.25) is 9.59 Å². The zero-order valence-electron chi connectivity index (χ0n) is 14.1. The lowest BCUT2D eigenvalue weighted by molar-refractivity contribution is -0.135. The van der Waals surface area contributed by atoms with E-state index in [1.807, 2.05) is 42.7 Å². The fourth-order valence-electron chi connectivity index (χ4n) is 2.73. The number of carbonyl (C=O) groups excluding carboxylic acids is 2. The summed E-state index contributed by atoms with van der Waals surface area (Å²) < 4.78 is 0. The number of nitrogens with zero attached hydrogens (tertiary/aromatic N) is 2. The first-order valence-electron chi connectivity index (χ1n) is 8.00. The van der Waals surface area contributed by atoms with E-state index in [0.29, 0.717) is 35.3 Å². The number of rotatable bonds is 6. The molecule has 132 valence electrons. The summed E-state index contributed by atoms with van der Waals surface area (Å²) in [6.45, 7) is 6.89. The standard InChI is InChI=1S/C17H22Cl2N2O2S/c1-4-15(22)20(11(2)3)7-8-21-16(23)10-24-17(21)12-5-6-13(18)14(19)9-12/h5-6,9,11,17H,4,7-8,10H2,1-3H3. The van der Waals surface area contributed by atoms with Gasteiger partial charge in [0.1, 0.15) is 5.37 Å². The minimum Gasteiger partial charge on any atom is -0.339 e. The Balaban J connectivity index is 2.12. The maximum absolute atomic E-state index is 12.3. The minimum atomic E-state index is -0.0852. The molecule has 1 unspecified atom stereocenters.